The van der Waals surface area contributed by atoms with Crippen molar-refractivity contribution in [2.24, 2.45) is 0 Å². The summed E-state index contributed by atoms with van der Waals surface area (Å²) < 4.78 is 33.2. The van der Waals surface area contributed by atoms with Crippen LogP contribution in [-0.4, -0.2) is 53.2 Å². The standard InChI is InChI=1S/C15H20INO4S/c1-11-2-4-12(5-3-11)22(19,20)17-8-6-14(18)15(17)10-21-9-7-13(15)16/h2-5,13-14,18H,6-10H2,1H3/t13?,14?,15-/m0/s1. The number of sulfonamides is 1. The first-order valence-corrected chi connectivity index (χ1v) is 10.1. The minimum Gasteiger partial charge on any atom is -0.391 e. The van der Waals surface area contributed by atoms with E-state index in [-0.39, 0.29) is 15.4 Å². The second-order valence-corrected chi connectivity index (χ2v) is 9.36. The van der Waals surface area contributed by atoms with Crippen LogP contribution in [0.2, 0.25) is 0 Å². The zero-order chi connectivity index (χ0) is 16.0. The smallest absolute Gasteiger partial charge is 0.243 e. The summed E-state index contributed by atoms with van der Waals surface area (Å²) in [5.41, 5.74) is 0.172. The summed E-state index contributed by atoms with van der Waals surface area (Å²) in [5.74, 6) is 0. The van der Waals surface area contributed by atoms with Crippen LogP contribution in [0.25, 0.3) is 0 Å². The van der Waals surface area contributed by atoms with Crippen molar-refractivity contribution in [3.05, 3.63) is 29.8 Å². The average molecular weight is 437 g/mol. The highest BCUT2D eigenvalue weighted by molar-refractivity contribution is 14.1. The molecule has 5 nitrogen and oxygen atoms in total. The highest BCUT2D eigenvalue weighted by Crippen LogP contribution is 2.43. The molecule has 0 aromatic heterocycles. The molecule has 122 valence electrons. The molecule has 0 radical (unpaired) electrons. The van der Waals surface area contributed by atoms with Crippen LogP contribution in [0.1, 0.15) is 18.4 Å². The summed E-state index contributed by atoms with van der Waals surface area (Å²) in [4.78, 5) is 0.278. The van der Waals surface area contributed by atoms with Crippen molar-refractivity contribution in [2.75, 3.05) is 19.8 Å². The van der Waals surface area contributed by atoms with Gasteiger partial charge in [0, 0.05) is 17.1 Å². The number of benzene rings is 1. The number of halogens is 1. The lowest BCUT2D eigenvalue weighted by molar-refractivity contribution is -0.0439. The first-order valence-electron chi connectivity index (χ1n) is 7.38. The van der Waals surface area contributed by atoms with Gasteiger partial charge in [-0.15, -0.1) is 0 Å². The Balaban J connectivity index is 2.03. The molecule has 22 heavy (non-hydrogen) atoms. The maximum absolute atomic E-state index is 13.1. The molecule has 1 spiro atoms. The predicted molar refractivity (Wildman–Crippen MR) is 91.7 cm³/mol. The van der Waals surface area contributed by atoms with Crippen LogP contribution in [0.4, 0.5) is 0 Å². The lowest BCUT2D eigenvalue weighted by atomic mass is 9.88. The number of rotatable bonds is 2. The van der Waals surface area contributed by atoms with Crippen molar-refractivity contribution in [3.8, 4) is 0 Å². The fourth-order valence-electron chi connectivity index (χ4n) is 3.34. The third-order valence-electron chi connectivity index (χ3n) is 4.65. The topological polar surface area (TPSA) is 66.8 Å². The number of hydrogen-bond donors (Lipinski definition) is 1. The Morgan fingerprint density at radius 1 is 1.32 bits per heavy atom. The van der Waals surface area contributed by atoms with Gasteiger partial charge in [0.25, 0.3) is 0 Å². The second kappa shape index (κ2) is 6.01. The van der Waals surface area contributed by atoms with Crippen LogP contribution in [0, 0.1) is 6.92 Å². The van der Waals surface area contributed by atoms with E-state index >= 15 is 0 Å². The number of aliphatic hydroxyl groups is 1. The van der Waals surface area contributed by atoms with E-state index < -0.39 is 21.7 Å². The van der Waals surface area contributed by atoms with Gasteiger partial charge in [0.05, 0.1) is 23.1 Å². The van der Waals surface area contributed by atoms with E-state index in [0.29, 0.717) is 19.6 Å². The first kappa shape index (κ1) is 16.6. The third kappa shape index (κ3) is 2.50. The van der Waals surface area contributed by atoms with Crippen LogP contribution in [0.3, 0.4) is 0 Å². The molecule has 0 saturated carbocycles. The van der Waals surface area contributed by atoms with Gasteiger partial charge >= 0.3 is 0 Å². The van der Waals surface area contributed by atoms with Gasteiger partial charge in [-0.2, -0.15) is 4.31 Å². The zero-order valence-electron chi connectivity index (χ0n) is 12.4. The number of hydrogen-bond acceptors (Lipinski definition) is 4. The molecule has 2 saturated heterocycles. The Hall–Kier alpha value is -0.220. The molecule has 2 aliphatic heterocycles. The van der Waals surface area contributed by atoms with E-state index in [1.165, 1.54) is 4.31 Å². The second-order valence-electron chi connectivity index (χ2n) is 5.99. The lowest BCUT2D eigenvalue weighted by Gasteiger charge is -2.45. The normalized spacial score (nSPS) is 33.4. The van der Waals surface area contributed by atoms with Crippen molar-refractivity contribution < 1.29 is 18.3 Å². The van der Waals surface area contributed by atoms with Gasteiger partial charge in [0.1, 0.15) is 0 Å². The van der Waals surface area contributed by atoms with Gasteiger partial charge in [-0.3, -0.25) is 0 Å². The molecule has 3 atom stereocenters. The zero-order valence-corrected chi connectivity index (χ0v) is 15.4. The van der Waals surface area contributed by atoms with Crippen LogP contribution >= 0.6 is 22.6 Å². The van der Waals surface area contributed by atoms with E-state index in [9.17, 15) is 13.5 Å². The van der Waals surface area contributed by atoms with Crippen LogP contribution < -0.4 is 0 Å². The molecule has 0 bridgehead atoms. The molecular formula is C15H20INO4S. The molecule has 2 aliphatic rings. The monoisotopic (exact) mass is 437 g/mol. The van der Waals surface area contributed by atoms with Gasteiger partial charge in [-0.1, -0.05) is 40.3 Å². The minimum atomic E-state index is -3.64. The number of ether oxygens (including phenoxy) is 1. The molecule has 1 aromatic carbocycles. The molecule has 3 rings (SSSR count). The van der Waals surface area contributed by atoms with Crippen LogP contribution in [0.15, 0.2) is 29.2 Å². The summed E-state index contributed by atoms with van der Waals surface area (Å²) in [6.07, 6.45) is 0.515. The Kier molecular flexibility index (Phi) is 4.54. The SMILES string of the molecule is Cc1ccc(S(=O)(=O)N2CCC(O)[C@@]23COCCC3I)cc1. The maximum atomic E-state index is 13.1. The van der Waals surface area contributed by atoms with Gasteiger partial charge in [-0.05, 0) is 31.9 Å². The van der Waals surface area contributed by atoms with E-state index in [1.807, 2.05) is 6.92 Å². The van der Waals surface area contributed by atoms with Crippen LogP contribution in [0.5, 0.6) is 0 Å². The van der Waals surface area contributed by atoms with Crippen molar-refractivity contribution in [1.29, 1.82) is 0 Å². The largest absolute Gasteiger partial charge is 0.391 e. The molecule has 7 heteroatoms. The van der Waals surface area contributed by atoms with Gasteiger partial charge < -0.3 is 9.84 Å². The fraction of sp³-hybridized carbons (Fsp3) is 0.600. The Morgan fingerprint density at radius 2 is 2.00 bits per heavy atom. The minimum absolute atomic E-state index is 0.0385. The van der Waals surface area contributed by atoms with Gasteiger partial charge in [0.15, 0.2) is 0 Å². The summed E-state index contributed by atoms with van der Waals surface area (Å²) in [6.45, 7) is 3.13. The lowest BCUT2D eigenvalue weighted by Crippen LogP contribution is -2.63. The maximum Gasteiger partial charge on any atom is 0.243 e. The number of alkyl halides is 1. The van der Waals surface area contributed by atoms with E-state index in [4.69, 9.17) is 4.74 Å². The highest BCUT2D eigenvalue weighted by Gasteiger charge is 2.58. The van der Waals surface area contributed by atoms with E-state index in [2.05, 4.69) is 22.6 Å². The Labute approximate surface area is 144 Å². The van der Waals surface area contributed by atoms with Crippen molar-refractivity contribution >= 4 is 32.6 Å². The van der Waals surface area contributed by atoms with Crippen LogP contribution in [-0.2, 0) is 14.8 Å². The molecule has 2 heterocycles. The summed E-state index contributed by atoms with van der Waals surface area (Å²) in [6, 6.07) is 6.86. The Morgan fingerprint density at radius 3 is 2.64 bits per heavy atom. The van der Waals surface area contributed by atoms with E-state index in [1.54, 1.807) is 24.3 Å². The summed E-state index contributed by atoms with van der Waals surface area (Å²) in [7, 11) is -3.64. The summed E-state index contributed by atoms with van der Waals surface area (Å²) in [5, 5.41) is 10.5. The predicted octanol–water partition coefficient (Wildman–Crippen LogP) is 1.71. The first-order chi connectivity index (χ1) is 10.4. The molecule has 0 aliphatic carbocycles. The highest BCUT2D eigenvalue weighted by atomic mass is 127. The molecular weight excluding hydrogens is 417 g/mol. The summed E-state index contributed by atoms with van der Waals surface area (Å²) >= 11 is 2.26. The molecule has 1 aromatic rings. The molecule has 2 unspecified atom stereocenters. The number of aliphatic hydroxyl groups excluding tert-OH is 1. The van der Waals surface area contributed by atoms with Gasteiger partial charge in [0.2, 0.25) is 10.0 Å². The Bertz CT molecular complexity index is 648. The number of nitrogens with zero attached hydrogens (tertiary/aromatic N) is 1. The third-order valence-corrected chi connectivity index (χ3v) is 8.32. The molecule has 0 amide bonds. The molecule has 1 N–H and O–H groups in total. The quantitative estimate of drug-likeness (QED) is 0.566. The number of aryl methyl sites for hydroxylation is 1. The van der Waals surface area contributed by atoms with Crippen molar-refractivity contribution in [1.82, 2.24) is 4.31 Å². The fourth-order valence-corrected chi connectivity index (χ4v) is 6.55. The van der Waals surface area contributed by atoms with Crippen molar-refractivity contribution in [3.63, 3.8) is 0 Å². The molecule has 2 fully saturated rings. The van der Waals surface area contributed by atoms with Crippen molar-refractivity contribution in [2.45, 2.75) is 40.2 Å². The van der Waals surface area contributed by atoms with E-state index in [0.717, 1.165) is 12.0 Å². The average Bonchev–Trinajstić information content (AvgIpc) is 2.81. The van der Waals surface area contributed by atoms with Gasteiger partial charge in [-0.25, -0.2) is 8.42 Å².